The zero-order chi connectivity index (χ0) is 24.6. The lowest BCUT2D eigenvalue weighted by Crippen LogP contribution is -2.26. The molecule has 4 aromatic heterocycles. The van der Waals surface area contributed by atoms with E-state index in [0.717, 1.165) is 43.7 Å². The molecule has 36 heavy (non-hydrogen) atoms. The summed E-state index contributed by atoms with van der Waals surface area (Å²) < 4.78 is 2.86. The fourth-order valence-corrected chi connectivity index (χ4v) is 5.34. The Labute approximate surface area is 212 Å². The van der Waals surface area contributed by atoms with Crippen molar-refractivity contribution in [2.45, 2.75) is 19.9 Å². The topological polar surface area (TPSA) is 72.7 Å². The number of benzene rings is 2. The van der Waals surface area contributed by atoms with Gasteiger partial charge in [-0.15, -0.1) is 11.3 Å². The van der Waals surface area contributed by atoms with Gasteiger partial charge in [-0.2, -0.15) is 0 Å². The van der Waals surface area contributed by atoms with Gasteiger partial charge in [-0.25, -0.2) is 9.97 Å². The molecule has 1 atom stereocenters. The first kappa shape index (κ1) is 22.1. The van der Waals surface area contributed by atoms with E-state index >= 15 is 0 Å². The molecular weight excluding hydrogens is 466 g/mol. The summed E-state index contributed by atoms with van der Waals surface area (Å²) in [7, 11) is 0. The van der Waals surface area contributed by atoms with Crippen LogP contribution in [-0.2, 0) is 0 Å². The van der Waals surface area contributed by atoms with Crippen LogP contribution >= 0.6 is 11.3 Å². The van der Waals surface area contributed by atoms with Gasteiger partial charge in [0, 0.05) is 35.5 Å². The van der Waals surface area contributed by atoms with Crippen LogP contribution in [0.15, 0.2) is 95.6 Å². The molecule has 0 saturated heterocycles. The van der Waals surface area contributed by atoms with Gasteiger partial charge in [-0.1, -0.05) is 36.4 Å². The summed E-state index contributed by atoms with van der Waals surface area (Å²) >= 11 is 1.58. The largest absolute Gasteiger partial charge is 0.360 e. The molecule has 0 unspecified atom stereocenters. The molecule has 0 fully saturated rings. The van der Waals surface area contributed by atoms with Gasteiger partial charge in [0.1, 0.15) is 5.52 Å². The normalized spacial score (nSPS) is 12.2. The Morgan fingerprint density at radius 1 is 0.972 bits per heavy atom. The first-order valence-corrected chi connectivity index (χ1v) is 12.6. The van der Waals surface area contributed by atoms with Crippen molar-refractivity contribution in [1.82, 2.24) is 19.5 Å². The van der Waals surface area contributed by atoms with Gasteiger partial charge < -0.3 is 5.32 Å². The third-order valence-electron chi connectivity index (χ3n) is 6.32. The SMILES string of the molecule is Cc1cncc(-c2cccc3cc([C@H](C)Nc4nccc5scnc45)n(-c4ccccc4)c(=O)c23)c1. The van der Waals surface area contributed by atoms with Crippen molar-refractivity contribution < 1.29 is 0 Å². The maximum atomic E-state index is 14.2. The van der Waals surface area contributed by atoms with E-state index in [0.29, 0.717) is 11.2 Å². The fourth-order valence-electron chi connectivity index (χ4n) is 4.66. The number of nitrogens with zero attached hydrogens (tertiary/aromatic N) is 4. The first-order valence-electron chi connectivity index (χ1n) is 11.7. The van der Waals surface area contributed by atoms with Crippen molar-refractivity contribution in [3.05, 3.63) is 112 Å². The second kappa shape index (κ2) is 9.02. The summed E-state index contributed by atoms with van der Waals surface area (Å²) in [4.78, 5) is 27.6. The van der Waals surface area contributed by atoms with Crippen LogP contribution in [-0.4, -0.2) is 19.5 Å². The Morgan fingerprint density at radius 3 is 2.67 bits per heavy atom. The number of hydrogen-bond donors (Lipinski definition) is 1. The molecule has 0 aliphatic carbocycles. The maximum absolute atomic E-state index is 14.2. The van der Waals surface area contributed by atoms with E-state index < -0.39 is 0 Å². The summed E-state index contributed by atoms with van der Waals surface area (Å²) in [6.45, 7) is 4.05. The molecule has 176 valence electrons. The minimum atomic E-state index is -0.216. The van der Waals surface area contributed by atoms with E-state index in [1.54, 1.807) is 22.1 Å². The molecule has 0 bridgehead atoms. The zero-order valence-electron chi connectivity index (χ0n) is 19.8. The Kier molecular flexibility index (Phi) is 5.54. The van der Waals surface area contributed by atoms with E-state index in [4.69, 9.17) is 0 Å². The molecule has 0 radical (unpaired) electrons. The molecule has 0 aliphatic heterocycles. The average molecular weight is 490 g/mol. The molecule has 4 heterocycles. The molecule has 6 nitrogen and oxygen atoms in total. The second-order valence-electron chi connectivity index (χ2n) is 8.79. The van der Waals surface area contributed by atoms with Crippen LogP contribution in [0.3, 0.4) is 0 Å². The Morgan fingerprint density at radius 2 is 1.83 bits per heavy atom. The number of aryl methyl sites for hydroxylation is 1. The number of para-hydroxylation sites is 1. The van der Waals surface area contributed by atoms with Gasteiger partial charge in [0.25, 0.3) is 5.56 Å². The van der Waals surface area contributed by atoms with Crippen LogP contribution < -0.4 is 10.9 Å². The predicted molar refractivity (Wildman–Crippen MR) is 147 cm³/mol. The molecule has 0 aliphatic rings. The highest BCUT2D eigenvalue weighted by atomic mass is 32.1. The number of pyridine rings is 3. The van der Waals surface area contributed by atoms with E-state index in [-0.39, 0.29) is 11.6 Å². The van der Waals surface area contributed by atoms with Crippen LogP contribution in [0.5, 0.6) is 0 Å². The van der Waals surface area contributed by atoms with E-state index in [1.165, 1.54) is 0 Å². The van der Waals surface area contributed by atoms with Crippen molar-refractivity contribution in [3.8, 4) is 16.8 Å². The molecule has 0 spiro atoms. The quantitative estimate of drug-likeness (QED) is 0.298. The van der Waals surface area contributed by atoms with Crippen LogP contribution in [0.2, 0.25) is 0 Å². The van der Waals surface area contributed by atoms with Crippen LogP contribution in [0, 0.1) is 6.92 Å². The van der Waals surface area contributed by atoms with E-state index in [9.17, 15) is 4.79 Å². The van der Waals surface area contributed by atoms with Gasteiger partial charge in [0.2, 0.25) is 0 Å². The lowest BCUT2D eigenvalue weighted by Gasteiger charge is -2.22. The summed E-state index contributed by atoms with van der Waals surface area (Å²) in [6, 6.07) is 21.6. The van der Waals surface area contributed by atoms with Gasteiger partial charge in [0.15, 0.2) is 5.82 Å². The first-order chi connectivity index (χ1) is 17.6. The molecule has 6 aromatic rings. The summed E-state index contributed by atoms with van der Waals surface area (Å²) in [5.41, 5.74) is 7.08. The number of nitrogens with one attached hydrogen (secondary N) is 1. The maximum Gasteiger partial charge on any atom is 0.263 e. The van der Waals surface area contributed by atoms with E-state index in [1.807, 2.05) is 86.3 Å². The Bertz CT molecular complexity index is 1770. The van der Waals surface area contributed by atoms with Crippen molar-refractivity contribution in [3.63, 3.8) is 0 Å². The summed E-state index contributed by atoms with van der Waals surface area (Å²) in [6.07, 6.45) is 5.41. The minimum absolute atomic E-state index is 0.0701. The summed E-state index contributed by atoms with van der Waals surface area (Å²) in [5, 5.41) is 5.06. The van der Waals surface area contributed by atoms with Gasteiger partial charge >= 0.3 is 0 Å². The fraction of sp³-hybridized carbons (Fsp3) is 0.103. The summed E-state index contributed by atoms with van der Waals surface area (Å²) in [5.74, 6) is 0.702. The number of aromatic nitrogens is 4. The number of thiazole rings is 1. The van der Waals surface area contributed by atoms with Crippen molar-refractivity contribution in [2.75, 3.05) is 5.32 Å². The molecule has 0 amide bonds. The number of fused-ring (bicyclic) bond motifs is 2. The van der Waals surface area contributed by atoms with E-state index in [2.05, 4.69) is 32.4 Å². The molecule has 1 N–H and O–H groups in total. The number of hydrogen-bond acceptors (Lipinski definition) is 6. The number of anilines is 1. The third kappa shape index (κ3) is 3.83. The standard InChI is InChI=1S/C29H23N5OS/c1-18-13-21(16-30-15-18)23-10-6-7-20-14-24(34(29(35)26(20)23)22-8-4-3-5-9-22)19(2)33-28-27-25(11-12-31-28)36-17-32-27/h3-17,19H,1-2H3,(H,31,33)/t19-/m0/s1. The second-order valence-corrected chi connectivity index (χ2v) is 9.68. The van der Waals surface area contributed by atoms with Gasteiger partial charge in [0.05, 0.1) is 21.6 Å². The van der Waals surface area contributed by atoms with Crippen molar-refractivity contribution in [1.29, 1.82) is 0 Å². The Hall–Kier alpha value is -4.36. The predicted octanol–water partition coefficient (Wildman–Crippen LogP) is 6.54. The highest BCUT2D eigenvalue weighted by Gasteiger charge is 2.20. The smallest absolute Gasteiger partial charge is 0.263 e. The number of rotatable bonds is 5. The van der Waals surface area contributed by atoms with Crippen LogP contribution in [0.1, 0.15) is 24.2 Å². The highest BCUT2D eigenvalue weighted by molar-refractivity contribution is 7.16. The molecule has 2 aromatic carbocycles. The molecule has 0 saturated carbocycles. The molecular formula is C29H23N5OS. The Balaban J connectivity index is 1.58. The van der Waals surface area contributed by atoms with Crippen LogP contribution in [0.4, 0.5) is 5.82 Å². The lowest BCUT2D eigenvalue weighted by atomic mass is 9.98. The molecule has 7 heteroatoms. The lowest BCUT2D eigenvalue weighted by molar-refractivity contribution is 0.774. The van der Waals surface area contributed by atoms with Gasteiger partial charge in [-0.3, -0.25) is 14.3 Å². The average Bonchev–Trinajstić information content (AvgIpc) is 3.39. The van der Waals surface area contributed by atoms with Crippen LogP contribution in [0.25, 0.3) is 37.8 Å². The van der Waals surface area contributed by atoms with Gasteiger partial charge in [-0.05, 0) is 60.7 Å². The molecule has 6 rings (SSSR count). The van der Waals surface area contributed by atoms with Crippen molar-refractivity contribution >= 4 is 38.1 Å². The third-order valence-corrected chi connectivity index (χ3v) is 7.12. The monoisotopic (exact) mass is 489 g/mol. The highest BCUT2D eigenvalue weighted by Crippen LogP contribution is 2.31. The minimum Gasteiger partial charge on any atom is -0.360 e. The van der Waals surface area contributed by atoms with Crippen molar-refractivity contribution in [2.24, 2.45) is 0 Å². The zero-order valence-corrected chi connectivity index (χ0v) is 20.7.